The van der Waals surface area contributed by atoms with Crippen molar-refractivity contribution in [3.8, 4) is 5.75 Å². The van der Waals surface area contributed by atoms with Crippen LogP contribution in [0.5, 0.6) is 5.75 Å². The molecule has 0 unspecified atom stereocenters. The lowest BCUT2D eigenvalue weighted by atomic mass is 10.1. The summed E-state index contributed by atoms with van der Waals surface area (Å²) in [5.74, 6) is 1.15. The van der Waals surface area contributed by atoms with Crippen LogP contribution in [0, 0.1) is 0 Å². The number of aromatic hydroxyl groups is 1. The predicted molar refractivity (Wildman–Crippen MR) is 56.3 cm³/mol. The van der Waals surface area contributed by atoms with Crippen LogP contribution in [0.4, 0.5) is 0 Å². The van der Waals surface area contributed by atoms with Crippen LogP contribution in [-0.4, -0.2) is 17.5 Å². The lowest BCUT2D eigenvalue weighted by Crippen LogP contribution is -2.12. The van der Waals surface area contributed by atoms with Crippen molar-refractivity contribution in [2.45, 2.75) is 12.8 Å². The normalized spacial score (nSPS) is 18.9. The van der Waals surface area contributed by atoms with Gasteiger partial charge < -0.3 is 9.84 Å². The molecule has 0 aliphatic carbocycles. The smallest absolute Gasteiger partial charge is 0.143 e. The van der Waals surface area contributed by atoms with E-state index in [1.165, 1.54) is 0 Å². The topological polar surface area (TPSA) is 46.5 Å². The molecule has 1 heterocycles. The molecule has 1 aliphatic heterocycles. The number of allylic oxidation sites excluding steroid dienone is 1. The number of carbonyl (C=O) groups is 1. The molecular weight excluding hydrogens is 192 g/mol. The van der Waals surface area contributed by atoms with E-state index in [0.717, 1.165) is 5.56 Å². The number of carbonyl (C=O) groups excluding carboxylic acids is 1. The molecule has 2 rings (SSSR count). The predicted octanol–water partition coefficient (Wildman–Crippen LogP) is 2.11. The zero-order chi connectivity index (χ0) is 10.7. The number of hydrogen-bond acceptors (Lipinski definition) is 3. The molecule has 3 heteroatoms. The third-order valence-corrected chi connectivity index (χ3v) is 2.26. The monoisotopic (exact) mass is 204 g/mol. The fourth-order valence-corrected chi connectivity index (χ4v) is 1.48. The summed E-state index contributed by atoms with van der Waals surface area (Å²) >= 11 is 0. The summed E-state index contributed by atoms with van der Waals surface area (Å²) < 4.78 is 5.36. The maximum Gasteiger partial charge on any atom is 0.143 e. The Labute approximate surface area is 88.0 Å². The number of benzene rings is 1. The van der Waals surface area contributed by atoms with Gasteiger partial charge in [0.15, 0.2) is 0 Å². The summed E-state index contributed by atoms with van der Waals surface area (Å²) in [7, 11) is 0. The highest BCUT2D eigenvalue weighted by molar-refractivity contribution is 5.82. The van der Waals surface area contributed by atoms with E-state index in [2.05, 4.69) is 0 Å². The molecule has 1 N–H and O–H groups in total. The number of phenolic OH excluding ortho intramolecular Hbond substituents is 1. The Morgan fingerprint density at radius 2 is 2.00 bits per heavy atom. The fourth-order valence-electron chi connectivity index (χ4n) is 1.48. The summed E-state index contributed by atoms with van der Waals surface area (Å²) in [5.41, 5.74) is 0.928. The summed E-state index contributed by atoms with van der Waals surface area (Å²) in [5, 5.41) is 9.10. The van der Waals surface area contributed by atoms with Gasteiger partial charge in [-0.3, -0.25) is 4.79 Å². The molecule has 1 aromatic rings. The van der Waals surface area contributed by atoms with Crippen LogP contribution in [0.3, 0.4) is 0 Å². The van der Waals surface area contributed by atoms with Crippen molar-refractivity contribution in [1.82, 2.24) is 0 Å². The van der Waals surface area contributed by atoms with Crippen LogP contribution < -0.4 is 0 Å². The third kappa shape index (κ3) is 2.59. The van der Waals surface area contributed by atoms with Gasteiger partial charge in [0.2, 0.25) is 0 Å². The number of rotatable bonds is 1. The number of Topliss-reactive ketones (excluding diaryl/α,β-unsaturated/α-hetero) is 1. The quantitative estimate of drug-likeness (QED) is 0.762. The van der Waals surface area contributed by atoms with E-state index in [1.54, 1.807) is 24.3 Å². The average molecular weight is 204 g/mol. The zero-order valence-electron chi connectivity index (χ0n) is 8.27. The number of hydrogen-bond donors (Lipinski definition) is 1. The maximum absolute atomic E-state index is 11.2. The van der Waals surface area contributed by atoms with Gasteiger partial charge in [-0.15, -0.1) is 0 Å². The van der Waals surface area contributed by atoms with E-state index < -0.39 is 0 Å². The van der Waals surface area contributed by atoms with E-state index in [9.17, 15) is 4.79 Å². The van der Waals surface area contributed by atoms with E-state index in [4.69, 9.17) is 9.84 Å². The summed E-state index contributed by atoms with van der Waals surface area (Å²) in [6.45, 7) is 0.475. The molecule has 0 atom stereocenters. The van der Waals surface area contributed by atoms with Gasteiger partial charge in [-0.25, -0.2) is 0 Å². The summed E-state index contributed by atoms with van der Waals surface area (Å²) in [4.78, 5) is 11.2. The SMILES string of the molecule is O=C1CCO/C(=C/c2ccc(O)cc2)C1. The number of ether oxygens (including phenoxy) is 1. The van der Waals surface area contributed by atoms with Crippen LogP contribution in [0.15, 0.2) is 30.0 Å². The Balaban J connectivity index is 2.15. The van der Waals surface area contributed by atoms with E-state index in [1.807, 2.05) is 6.08 Å². The van der Waals surface area contributed by atoms with Crippen molar-refractivity contribution in [3.05, 3.63) is 35.6 Å². The lowest BCUT2D eigenvalue weighted by Gasteiger charge is -2.14. The molecule has 0 aromatic heterocycles. The minimum atomic E-state index is 0.214. The number of ketones is 1. The van der Waals surface area contributed by atoms with Gasteiger partial charge in [-0.2, -0.15) is 0 Å². The van der Waals surface area contributed by atoms with Crippen LogP contribution in [0.25, 0.3) is 6.08 Å². The highest BCUT2D eigenvalue weighted by Gasteiger charge is 2.13. The molecule has 0 saturated carbocycles. The van der Waals surface area contributed by atoms with Gasteiger partial charge >= 0.3 is 0 Å². The maximum atomic E-state index is 11.2. The minimum Gasteiger partial charge on any atom is -0.508 e. The van der Waals surface area contributed by atoms with Gasteiger partial charge in [-0.1, -0.05) is 12.1 Å². The zero-order valence-corrected chi connectivity index (χ0v) is 8.27. The first-order chi connectivity index (χ1) is 7.24. The molecule has 0 amide bonds. The van der Waals surface area contributed by atoms with Crippen LogP contribution in [0.2, 0.25) is 0 Å². The second-order valence-electron chi connectivity index (χ2n) is 3.52. The molecule has 0 spiro atoms. The van der Waals surface area contributed by atoms with Crippen LogP contribution >= 0.6 is 0 Å². The highest BCUT2D eigenvalue weighted by atomic mass is 16.5. The molecule has 1 saturated heterocycles. The first-order valence-electron chi connectivity index (χ1n) is 4.88. The van der Waals surface area contributed by atoms with Crippen LogP contribution in [-0.2, 0) is 9.53 Å². The standard InChI is InChI=1S/C12H12O3/c13-10-3-1-9(2-4-10)7-12-8-11(14)5-6-15-12/h1-4,7,13H,5-6,8H2/b12-7+. The van der Waals surface area contributed by atoms with Crippen molar-refractivity contribution in [2.75, 3.05) is 6.61 Å². The molecule has 15 heavy (non-hydrogen) atoms. The van der Waals surface area contributed by atoms with E-state index >= 15 is 0 Å². The fraction of sp³-hybridized carbons (Fsp3) is 0.250. The summed E-state index contributed by atoms with van der Waals surface area (Å²) in [6, 6.07) is 6.78. The van der Waals surface area contributed by atoms with Crippen molar-refractivity contribution < 1.29 is 14.6 Å². The van der Waals surface area contributed by atoms with Gasteiger partial charge in [0.1, 0.15) is 17.3 Å². The Bertz CT molecular complexity index is 390. The minimum absolute atomic E-state index is 0.214. The second-order valence-corrected chi connectivity index (χ2v) is 3.52. The average Bonchev–Trinajstić information content (AvgIpc) is 2.22. The molecular formula is C12H12O3. The Hall–Kier alpha value is -1.77. The van der Waals surface area contributed by atoms with E-state index in [0.29, 0.717) is 25.2 Å². The summed E-state index contributed by atoms with van der Waals surface area (Å²) in [6.07, 6.45) is 2.71. The van der Waals surface area contributed by atoms with Gasteiger partial charge in [0.25, 0.3) is 0 Å². The number of phenols is 1. The van der Waals surface area contributed by atoms with Gasteiger partial charge in [-0.05, 0) is 23.8 Å². The molecule has 1 aromatic carbocycles. The Morgan fingerprint density at radius 3 is 2.67 bits per heavy atom. The first kappa shape index (κ1) is 9.77. The van der Waals surface area contributed by atoms with Gasteiger partial charge in [0.05, 0.1) is 13.0 Å². The Morgan fingerprint density at radius 1 is 1.27 bits per heavy atom. The highest BCUT2D eigenvalue weighted by Crippen LogP contribution is 2.18. The molecule has 0 radical (unpaired) electrons. The first-order valence-corrected chi connectivity index (χ1v) is 4.88. The second kappa shape index (κ2) is 4.17. The van der Waals surface area contributed by atoms with Crippen LogP contribution in [0.1, 0.15) is 18.4 Å². The van der Waals surface area contributed by atoms with Crippen molar-refractivity contribution >= 4 is 11.9 Å². The molecule has 3 nitrogen and oxygen atoms in total. The largest absolute Gasteiger partial charge is 0.508 e. The lowest BCUT2D eigenvalue weighted by molar-refractivity contribution is -0.121. The molecule has 78 valence electrons. The van der Waals surface area contributed by atoms with Crippen molar-refractivity contribution in [3.63, 3.8) is 0 Å². The molecule has 0 bridgehead atoms. The third-order valence-electron chi connectivity index (χ3n) is 2.26. The van der Waals surface area contributed by atoms with Crippen molar-refractivity contribution in [1.29, 1.82) is 0 Å². The van der Waals surface area contributed by atoms with Gasteiger partial charge in [0, 0.05) is 6.42 Å². The molecule has 1 aliphatic rings. The van der Waals surface area contributed by atoms with E-state index in [-0.39, 0.29) is 11.5 Å². The van der Waals surface area contributed by atoms with Crippen molar-refractivity contribution in [2.24, 2.45) is 0 Å². The Kier molecular flexibility index (Phi) is 2.72. The molecule has 1 fully saturated rings.